The van der Waals surface area contributed by atoms with Gasteiger partial charge in [-0.15, -0.1) is 0 Å². The molecule has 0 spiro atoms. The van der Waals surface area contributed by atoms with Crippen LogP contribution < -0.4 is 4.74 Å². The summed E-state index contributed by atoms with van der Waals surface area (Å²) in [5.74, 6) is 0.423. The van der Waals surface area contributed by atoms with Crippen molar-refractivity contribution in [3.05, 3.63) is 28.8 Å². The Morgan fingerprint density at radius 1 is 1.09 bits per heavy atom. The highest BCUT2D eigenvalue weighted by Crippen LogP contribution is 2.21. The van der Waals surface area contributed by atoms with E-state index in [1.807, 2.05) is 20.8 Å². The van der Waals surface area contributed by atoms with Crippen molar-refractivity contribution in [1.29, 1.82) is 0 Å². The molecule has 0 amide bonds. The van der Waals surface area contributed by atoms with Gasteiger partial charge in [0.2, 0.25) is 0 Å². The van der Waals surface area contributed by atoms with E-state index in [2.05, 4.69) is 0 Å². The fourth-order valence-electron chi connectivity index (χ4n) is 1.91. The lowest BCUT2D eigenvalue weighted by Crippen LogP contribution is -2.10. The number of benzene rings is 1. The molecular weight excluding hydrogens is 316 g/mol. The normalized spacial score (nSPS) is 10.7. The number of hydrogen-bond acceptors (Lipinski definition) is 4. The third kappa shape index (κ3) is 8.60. The van der Waals surface area contributed by atoms with Crippen LogP contribution in [0.25, 0.3) is 0 Å². The topological polar surface area (TPSA) is 52.6 Å². The van der Waals surface area contributed by atoms with Gasteiger partial charge in [-0.05, 0) is 49.4 Å². The van der Waals surface area contributed by atoms with Gasteiger partial charge >= 0.3 is 11.9 Å². The molecule has 4 nitrogen and oxygen atoms in total. The Bertz CT molecular complexity index is 526. The first-order valence-electron chi connectivity index (χ1n) is 8.01. The number of ether oxygens (including phenoxy) is 2. The van der Waals surface area contributed by atoms with Gasteiger partial charge in [-0.2, -0.15) is 0 Å². The molecule has 128 valence electrons. The molecule has 1 aromatic rings. The van der Waals surface area contributed by atoms with Crippen LogP contribution in [0.4, 0.5) is 0 Å². The maximum Gasteiger partial charge on any atom is 0.311 e. The molecule has 23 heavy (non-hydrogen) atoms. The van der Waals surface area contributed by atoms with Crippen LogP contribution in [0.5, 0.6) is 5.75 Å². The molecule has 5 heteroatoms. The van der Waals surface area contributed by atoms with Gasteiger partial charge in [-0.1, -0.05) is 31.9 Å². The van der Waals surface area contributed by atoms with Crippen molar-refractivity contribution < 1.29 is 19.1 Å². The zero-order valence-corrected chi connectivity index (χ0v) is 14.8. The molecule has 0 aliphatic heterocycles. The molecule has 0 saturated carbocycles. The summed E-state index contributed by atoms with van der Waals surface area (Å²) in [6.45, 7) is 6.33. The minimum Gasteiger partial charge on any atom is -0.465 e. The second-order valence-corrected chi connectivity index (χ2v) is 6.43. The molecule has 0 bridgehead atoms. The van der Waals surface area contributed by atoms with E-state index in [4.69, 9.17) is 21.1 Å². The minimum absolute atomic E-state index is 0.169. The van der Waals surface area contributed by atoms with Crippen molar-refractivity contribution >= 4 is 23.5 Å². The van der Waals surface area contributed by atoms with Gasteiger partial charge in [0.25, 0.3) is 0 Å². The van der Waals surface area contributed by atoms with Crippen molar-refractivity contribution in [2.45, 2.75) is 52.9 Å². The maximum atomic E-state index is 11.7. The van der Waals surface area contributed by atoms with E-state index < -0.39 is 0 Å². The predicted molar refractivity (Wildman–Crippen MR) is 90.7 cm³/mol. The lowest BCUT2D eigenvalue weighted by molar-refractivity contribution is -0.144. The average molecular weight is 341 g/mol. The Kier molecular flexibility index (Phi) is 8.70. The second-order valence-electron chi connectivity index (χ2n) is 6.02. The van der Waals surface area contributed by atoms with E-state index in [9.17, 15) is 9.59 Å². The number of carbonyl (C=O) groups is 2. The number of aryl methyl sites for hydroxylation is 1. The molecule has 0 unspecified atom stereocenters. The lowest BCUT2D eigenvalue weighted by Gasteiger charge is -2.07. The van der Waals surface area contributed by atoms with Crippen LogP contribution in [0.15, 0.2) is 18.2 Å². The first-order valence-corrected chi connectivity index (χ1v) is 8.38. The van der Waals surface area contributed by atoms with Gasteiger partial charge < -0.3 is 9.47 Å². The Balaban J connectivity index is 2.14. The first-order chi connectivity index (χ1) is 10.9. The number of halogens is 1. The summed E-state index contributed by atoms with van der Waals surface area (Å²) in [5, 5.41) is 0.647. The third-order valence-electron chi connectivity index (χ3n) is 3.20. The van der Waals surface area contributed by atoms with Crippen LogP contribution in [0, 0.1) is 12.8 Å². The van der Waals surface area contributed by atoms with E-state index >= 15 is 0 Å². The summed E-state index contributed by atoms with van der Waals surface area (Å²) in [6, 6.07) is 5.13. The van der Waals surface area contributed by atoms with Crippen LogP contribution in [0.2, 0.25) is 5.02 Å². The molecule has 0 saturated heterocycles. The molecule has 0 aromatic heterocycles. The maximum absolute atomic E-state index is 11.7. The van der Waals surface area contributed by atoms with E-state index in [1.54, 1.807) is 18.2 Å². The third-order valence-corrected chi connectivity index (χ3v) is 3.62. The Morgan fingerprint density at radius 3 is 2.35 bits per heavy atom. The standard InChI is InChI=1S/C18H25ClO4/c1-13(2)12-22-17(20)7-5-4-6-8-18(21)23-15-9-10-16(19)14(3)11-15/h9-11,13H,4-8,12H2,1-3H3. The van der Waals surface area contributed by atoms with Crippen molar-refractivity contribution in [3.8, 4) is 5.75 Å². The van der Waals surface area contributed by atoms with Crippen molar-refractivity contribution in [1.82, 2.24) is 0 Å². The van der Waals surface area contributed by atoms with Crippen molar-refractivity contribution in [2.75, 3.05) is 6.61 Å². The Labute approximate surface area is 143 Å². The van der Waals surface area contributed by atoms with Gasteiger partial charge in [-0.3, -0.25) is 9.59 Å². The van der Waals surface area contributed by atoms with Crippen LogP contribution >= 0.6 is 11.6 Å². The summed E-state index contributed by atoms with van der Waals surface area (Å²) in [7, 11) is 0. The van der Waals surface area contributed by atoms with E-state index in [0.717, 1.165) is 18.4 Å². The number of unbranched alkanes of at least 4 members (excludes halogenated alkanes) is 2. The molecular formula is C18H25ClO4. The molecule has 0 aliphatic carbocycles. The quantitative estimate of drug-likeness (QED) is 0.371. The lowest BCUT2D eigenvalue weighted by atomic mass is 10.1. The molecule has 0 aliphatic rings. The predicted octanol–water partition coefficient (Wildman–Crippen LogP) is 4.70. The smallest absolute Gasteiger partial charge is 0.311 e. The zero-order valence-electron chi connectivity index (χ0n) is 14.1. The van der Waals surface area contributed by atoms with E-state index in [-0.39, 0.29) is 11.9 Å². The van der Waals surface area contributed by atoms with E-state index in [1.165, 1.54) is 0 Å². The monoisotopic (exact) mass is 340 g/mol. The molecule has 0 fully saturated rings. The van der Waals surface area contributed by atoms with Gasteiger partial charge in [0.15, 0.2) is 0 Å². The number of esters is 2. The van der Waals surface area contributed by atoms with Gasteiger partial charge in [-0.25, -0.2) is 0 Å². The number of carbonyl (C=O) groups excluding carboxylic acids is 2. The van der Waals surface area contributed by atoms with Crippen LogP contribution in [0.1, 0.15) is 51.5 Å². The van der Waals surface area contributed by atoms with Crippen molar-refractivity contribution in [2.24, 2.45) is 5.92 Å². The fraction of sp³-hybridized carbons (Fsp3) is 0.556. The Hall–Kier alpha value is -1.55. The van der Waals surface area contributed by atoms with Gasteiger partial charge in [0.1, 0.15) is 5.75 Å². The van der Waals surface area contributed by atoms with Crippen LogP contribution in [-0.2, 0) is 14.3 Å². The van der Waals surface area contributed by atoms with Crippen molar-refractivity contribution in [3.63, 3.8) is 0 Å². The molecule has 0 atom stereocenters. The molecule has 0 heterocycles. The largest absolute Gasteiger partial charge is 0.465 e. The second kappa shape index (κ2) is 10.3. The minimum atomic E-state index is -0.269. The highest BCUT2D eigenvalue weighted by molar-refractivity contribution is 6.31. The van der Waals surface area contributed by atoms with Gasteiger partial charge in [0.05, 0.1) is 6.61 Å². The van der Waals surface area contributed by atoms with Crippen LogP contribution in [-0.4, -0.2) is 18.5 Å². The SMILES string of the molecule is Cc1cc(OC(=O)CCCCCC(=O)OCC(C)C)ccc1Cl. The number of rotatable bonds is 9. The fourth-order valence-corrected chi connectivity index (χ4v) is 2.03. The molecule has 1 rings (SSSR count). The average Bonchev–Trinajstić information content (AvgIpc) is 2.48. The van der Waals surface area contributed by atoms with Gasteiger partial charge in [0, 0.05) is 17.9 Å². The first kappa shape index (κ1) is 19.5. The molecule has 0 radical (unpaired) electrons. The summed E-state index contributed by atoms with van der Waals surface area (Å²) < 4.78 is 10.3. The van der Waals surface area contributed by atoms with E-state index in [0.29, 0.717) is 42.6 Å². The van der Waals surface area contributed by atoms with Crippen LogP contribution in [0.3, 0.4) is 0 Å². The molecule has 1 aromatic carbocycles. The summed E-state index contributed by atoms with van der Waals surface area (Å²) >= 11 is 5.92. The zero-order chi connectivity index (χ0) is 17.2. The summed E-state index contributed by atoms with van der Waals surface area (Å²) in [5.41, 5.74) is 0.872. The highest BCUT2D eigenvalue weighted by atomic mass is 35.5. The highest BCUT2D eigenvalue weighted by Gasteiger charge is 2.08. The Morgan fingerprint density at radius 2 is 1.74 bits per heavy atom. The molecule has 0 N–H and O–H groups in total. The summed E-state index contributed by atoms with van der Waals surface area (Å²) in [6.07, 6.45) is 2.96. The number of hydrogen-bond donors (Lipinski definition) is 0. The summed E-state index contributed by atoms with van der Waals surface area (Å²) in [4.78, 5) is 23.2.